The third-order valence-electron chi connectivity index (χ3n) is 3.90. The number of nitrogens with one attached hydrogen (secondary N) is 1. The summed E-state index contributed by atoms with van der Waals surface area (Å²) in [5.41, 5.74) is 0. The summed E-state index contributed by atoms with van der Waals surface area (Å²) in [5, 5.41) is 3.49. The highest BCUT2D eigenvalue weighted by Gasteiger charge is 2.39. The molecule has 4 heteroatoms. The summed E-state index contributed by atoms with van der Waals surface area (Å²) in [4.78, 5) is 17.0. The fourth-order valence-electron chi connectivity index (χ4n) is 2.47. The number of thiophene rings is 1. The molecule has 1 saturated heterocycles. The topological polar surface area (TPSA) is 32.3 Å². The van der Waals surface area contributed by atoms with Gasteiger partial charge < -0.3 is 4.90 Å². The molecular weight excluding hydrogens is 256 g/mol. The van der Waals surface area contributed by atoms with Crippen LogP contribution >= 0.6 is 11.3 Å². The van der Waals surface area contributed by atoms with Crippen LogP contribution < -0.4 is 5.32 Å². The predicted octanol–water partition coefficient (Wildman–Crippen LogP) is 3.31. The molecule has 0 radical (unpaired) electrons. The molecule has 0 aliphatic carbocycles. The summed E-state index contributed by atoms with van der Waals surface area (Å²) in [7, 11) is 0. The second-order valence-corrected chi connectivity index (χ2v) is 6.80. The van der Waals surface area contributed by atoms with Crippen LogP contribution in [0.15, 0.2) is 12.1 Å². The van der Waals surface area contributed by atoms with E-state index in [-0.39, 0.29) is 18.1 Å². The van der Waals surface area contributed by atoms with Gasteiger partial charge in [-0.2, -0.15) is 0 Å². The molecule has 3 atom stereocenters. The second kappa shape index (κ2) is 6.06. The molecule has 0 spiro atoms. The molecule has 19 heavy (non-hydrogen) atoms. The monoisotopic (exact) mass is 280 g/mol. The SMILES string of the molecule is CCC(C)CN1C(=O)C(CC)NC1c1ccc(C)s1. The highest BCUT2D eigenvalue weighted by Crippen LogP contribution is 2.31. The Morgan fingerprint density at radius 3 is 2.68 bits per heavy atom. The highest BCUT2D eigenvalue weighted by molar-refractivity contribution is 7.12. The number of aryl methyl sites for hydroxylation is 1. The van der Waals surface area contributed by atoms with Gasteiger partial charge in [0.1, 0.15) is 6.17 Å². The molecule has 3 nitrogen and oxygen atoms in total. The van der Waals surface area contributed by atoms with Crippen LogP contribution in [0.25, 0.3) is 0 Å². The number of hydrogen-bond donors (Lipinski definition) is 1. The number of carbonyl (C=O) groups is 1. The maximum atomic E-state index is 12.4. The Hall–Kier alpha value is -0.870. The first kappa shape index (κ1) is 14.5. The minimum absolute atomic E-state index is 0.0172. The lowest BCUT2D eigenvalue weighted by Gasteiger charge is -2.26. The van der Waals surface area contributed by atoms with Crippen LogP contribution in [0.4, 0.5) is 0 Å². The van der Waals surface area contributed by atoms with Crippen molar-refractivity contribution < 1.29 is 4.79 Å². The van der Waals surface area contributed by atoms with Crippen molar-refractivity contribution in [3.05, 3.63) is 21.9 Å². The van der Waals surface area contributed by atoms with Gasteiger partial charge in [-0.25, -0.2) is 0 Å². The predicted molar refractivity (Wildman–Crippen MR) is 80.2 cm³/mol. The highest BCUT2D eigenvalue weighted by atomic mass is 32.1. The zero-order chi connectivity index (χ0) is 14.0. The quantitative estimate of drug-likeness (QED) is 0.897. The molecular formula is C15H24N2OS. The van der Waals surface area contributed by atoms with Crippen LogP contribution in [0.3, 0.4) is 0 Å². The van der Waals surface area contributed by atoms with Gasteiger partial charge in [0.05, 0.1) is 6.04 Å². The van der Waals surface area contributed by atoms with Crippen molar-refractivity contribution in [2.75, 3.05) is 6.54 Å². The van der Waals surface area contributed by atoms with Crippen molar-refractivity contribution in [2.45, 2.75) is 52.7 Å². The van der Waals surface area contributed by atoms with Crippen LogP contribution in [-0.4, -0.2) is 23.4 Å². The number of carbonyl (C=O) groups excluding carboxylic acids is 1. The summed E-state index contributed by atoms with van der Waals surface area (Å²) < 4.78 is 0. The second-order valence-electron chi connectivity index (χ2n) is 5.48. The van der Waals surface area contributed by atoms with Crippen LogP contribution in [0.5, 0.6) is 0 Å². The van der Waals surface area contributed by atoms with Crippen molar-refractivity contribution in [3.8, 4) is 0 Å². The normalized spacial score (nSPS) is 25.1. The number of hydrogen-bond acceptors (Lipinski definition) is 3. The third-order valence-corrected chi connectivity index (χ3v) is 4.95. The lowest BCUT2D eigenvalue weighted by Crippen LogP contribution is -2.34. The van der Waals surface area contributed by atoms with E-state index < -0.39 is 0 Å². The van der Waals surface area contributed by atoms with E-state index in [1.807, 2.05) is 4.90 Å². The lowest BCUT2D eigenvalue weighted by atomic mass is 10.1. The van der Waals surface area contributed by atoms with Crippen molar-refractivity contribution in [1.29, 1.82) is 0 Å². The fourth-order valence-corrected chi connectivity index (χ4v) is 3.42. The Bertz CT molecular complexity index is 443. The van der Waals surface area contributed by atoms with Crippen molar-refractivity contribution in [1.82, 2.24) is 10.2 Å². The average molecular weight is 280 g/mol. The van der Waals surface area contributed by atoms with E-state index in [4.69, 9.17) is 0 Å². The van der Waals surface area contributed by atoms with Gasteiger partial charge in [0.15, 0.2) is 0 Å². The molecule has 1 amide bonds. The summed E-state index contributed by atoms with van der Waals surface area (Å²) >= 11 is 1.78. The van der Waals surface area contributed by atoms with E-state index in [1.165, 1.54) is 9.75 Å². The van der Waals surface area contributed by atoms with Gasteiger partial charge in [-0.15, -0.1) is 11.3 Å². The van der Waals surface area contributed by atoms with Crippen LogP contribution in [0.1, 0.15) is 49.5 Å². The zero-order valence-electron chi connectivity index (χ0n) is 12.3. The number of amides is 1. The standard InChI is InChI=1S/C15H24N2OS/c1-5-10(3)9-17-14(13-8-7-11(4)19-13)16-12(6-2)15(17)18/h7-8,10,12,14,16H,5-6,9H2,1-4H3. The van der Waals surface area contributed by atoms with Crippen molar-refractivity contribution in [3.63, 3.8) is 0 Å². The molecule has 1 fully saturated rings. The minimum atomic E-state index is -0.0172. The van der Waals surface area contributed by atoms with E-state index in [2.05, 4.69) is 45.1 Å². The molecule has 0 aromatic carbocycles. The summed E-state index contributed by atoms with van der Waals surface area (Å²) in [6.07, 6.45) is 2.04. The summed E-state index contributed by atoms with van der Waals surface area (Å²) in [6.45, 7) is 9.42. The van der Waals surface area contributed by atoms with E-state index in [1.54, 1.807) is 11.3 Å². The Balaban J connectivity index is 2.21. The molecule has 1 aliphatic heterocycles. The molecule has 2 rings (SSSR count). The van der Waals surface area contributed by atoms with E-state index >= 15 is 0 Å². The molecule has 106 valence electrons. The van der Waals surface area contributed by atoms with E-state index in [0.717, 1.165) is 19.4 Å². The molecule has 1 aromatic heterocycles. The van der Waals surface area contributed by atoms with Gasteiger partial charge in [0.2, 0.25) is 5.91 Å². The Morgan fingerprint density at radius 2 is 2.16 bits per heavy atom. The molecule has 1 aromatic rings. The van der Waals surface area contributed by atoms with Gasteiger partial charge in [-0.3, -0.25) is 10.1 Å². The minimum Gasteiger partial charge on any atom is -0.320 e. The van der Waals surface area contributed by atoms with Crippen molar-refractivity contribution >= 4 is 17.2 Å². The average Bonchev–Trinajstić information content (AvgIpc) is 2.95. The molecule has 1 N–H and O–H groups in total. The maximum Gasteiger partial charge on any atom is 0.241 e. The Morgan fingerprint density at radius 1 is 1.42 bits per heavy atom. The van der Waals surface area contributed by atoms with Gasteiger partial charge in [0, 0.05) is 16.3 Å². The summed E-state index contributed by atoms with van der Waals surface area (Å²) in [6, 6.07) is 4.26. The maximum absolute atomic E-state index is 12.4. The number of rotatable bonds is 5. The lowest BCUT2D eigenvalue weighted by molar-refractivity contribution is -0.130. The van der Waals surface area contributed by atoms with Gasteiger partial charge in [0.25, 0.3) is 0 Å². The molecule has 3 unspecified atom stereocenters. The first-order chi connectivity index (χ1) is 9.06. The van der Waals surface area contributed by atoms with E-state index in [0.29, 0.717) is 5.92 Å². The molecule has 0 bridgehead atoms. The van der Waals surface area contributed by atoms with Crippen molar-refractivity contribution in [2.24, 2.45) is 5.92 Å². The van der Waals surface area contributed by atoms with Crippen LogP contribution in [0.2, 0.25) is 0 Å². The smallest absolute Gasteiger partial charge is 0.241 e. The zero-order valence-corrected chi connectivity index (χ0v) is 13.1. The van der Waals surface area contributed by atoms with Crippen LogP contribution in [0, 0.1) is 12.8 Å². The Kier molecular flexibility index (Phi) is 4.63. The van der Waals surface area contributed by atoms with Gasteiger partial charge in [-0.1, -0.05) is 27.2 Å². The first-order valence-electron chi connectivity index (χ1n) is 7.19. The molecule has 0 saturated carbocycles. The largest absolute Gasteiger partial charge is 0.320 e. The molecule has 2 heterocycles. The number of nitrogens with zero attached hydrogens (tertiary/aromatic N) is 1. The summed E-state index contributed by atoms with van der Waals surface area (Å²) in [5.74, 6) is 0.809. The van der Waals surface area contributed by atoms with Gasteiger partial charge >= 0.3 is 0 Å². The Labute approximate surface area is 120 Å². The first-order valence-corrected chi connectivity index (χ1v) is 8.01. The molecule has 1 aliphatic rings. The van der Waals surface area contributed by atoms with Crippen LogP contribution in [-0.2, 0) is 4.79 Å². The van der Waals surface area contributed by atoms with Gasteiger partial charge in [-0.05, 0) is 31.4 Å². The third kappa shape index (κ3) is 3.00. The fraction of sp³-hybridized carbons (Fsp3) is 0.667. The van der Waals surface area contributed by atoms with E-state index in [9.17, 15) is 4.79 Å².